The molecule has 2 atom stereocenters. The van der Waals surface area contributed by atoms with E-state index in [0.717, 1.165) is 42.5 Å². The molecule has 27 heavy (non-hydrogen) atoms. The van der Waals surface area contributed by atoms with Crippen molar-refractivity contribution in [1.82, 2.24) is 19.9 Å². The summed E-state index contributed by atoms with van der Waals surface area (Å²) in [5.74, 6) is 3.09. The molecule has 2 unspecified atom stereocenters. The first kappa shape index (κ1) is 17.9. The van der Waals surface area contributed by atoms with E-state index < -0.39 is 0 Å². The molecule has 2 aliphatic rings. The maximum Gasteiger partial charge on any atom is 0.257 e. The predicted octanol–water partition coefficient (Wildman–Crippen LogP) is 2.99. The molecule has 2 aliphatic heterocycles. The lowest BCUT2D eigenvalue weighted by molar-refractivity contribution is 0.242. The van der Waals surface area contributed by atoms with Crippen LogP contribution in [0.4, 0.5) is 11.6 Å². The second-order valence-corrected chi connectivity index (χ2v) is 7.93. The second-order valence-electron chi connectivity index (χ2n) is 7.93. The van der Waals surface area contributed by atoms with Crippen molar-refractivity contribution >= 4 is 11.6 Å². The monoisotopic (exact) mass is 368 g/mol. The number of anilines is 2. The van der Waals surface area contributed by atoms with Gasteiger partial charge in [0.25, 0.3) is 5.88 Å². The van der Waals surface area contributed by atoms with Crippen molar-refractivity contribution < 1.29 is 4.74 Å². The zero-order chi connectivity index (χ0) is 19.0. The Bertz CT molecular complexity index is 790. The third-order valence-corrected chi connectivity index (χ3v) is 5.59. The molecule has 4 rings (SSSR count). The van der Waals surface area contributed by atoms with E-state index in [4.69, 9.17) is 9.72 Å². The average Bonchev–Trinajstić information content (AvgIpc) is 2.63. The van der Waals surface area contributed by atoms with Crippen LogP contribution >= 0.6 is 0 Å². The molecule has 144 valence electrons. The van der Waals surface area contributed by atoms with Crippen LogP contribution in [0.25, 0.3) is 0 Å². The van der Waals surface area contributed by atoms with Crippen molar-refractivity contribution in [2.45, 2.75) is 51.5 Å². The zero-order valence-corrected chi connectivity index (χ0v) is 16.6. The number of hydrogen-bond acceptors (Lipinski definition) is 7. The standard InChI is InChI=1S/C20H28N6O/c1-13(2)16-9-23-20-19(24-16)25(4)15(12-27-20)8-14(3)17-10-22-18(11-21-17)26-6-5-7-26/h9-11,13-15H,5-8,12H2,1-4H3. The van der Waals surface area contributed by atoms with E-state index in [1.165, 1.54) is 6.42 Å². The SMILES string of the molecule is CC(C)c1cnc2c(n1)N(C)C(CC(C)c1cnc(N3CCC3)cn1)CO2. The van der Waals surface area contributed by atoms with Gasteiger partial charge >= 0.3 is 0 Å². The largest absolute Gasteiger partial charge is 0.473 e. The number of nitrogens with zero attached hydrogens (tertiary/aromatic N) is 6. The zero-order valence-electron chi connectivity index (χ0n) is 16.6. The Balaban J connectivity index is 1.45. The van der Waals surface area contributed by atoms with Gasteiger partial charge in [0.1, 0.15) is 12.4 Å². The van der Waals surface area contributed by atoms with Crippen molar-refractivity contribution in [3.8, 4) is 5.88 Å². The molecule has 7 heteroatoms. The van der Waals surface area contributed by atoms with E-state index in [1.807, 2.05) is 18.6 Å². The first-order valence-corrected chi connectivity index (χ1v) is 9.82. The van der Waals surface area contributed by atoms with Gasteiger partial charge in [-0.2, -0.15) is 0 Å². The minimum Gasteiger partial charge on any atom is -0.473 e. The molecule has 1 fully saturated rings. The Morgan fingerprint density at radius 3 is 2.48 bits per heavy atom. The quantitative estimate of drug-likeness (QED) is 0.803. The molecular formula is C20H28N6O. The maximum atomic E-state index is 5.89. The van der Waals surface area contributed by atoms with Crippen LogP contribution in [0.1, 0.15) is 56.8 Å². The first-order valence-electron chi connectivity index (χ1n) is 9.82. The molecule has 0 aromatic carbocycles. The van der Waals surface area contributed by atoms with Crippen LogP contribution < -0.4 is 14.5 Å². The molecule has 0 spiro atoms. The molecule has 0 radical (unpaired) electrons. The van der Waals surface area contributed by atoms with Crippen LogP contribution in [0.5, 0.6) is 5.88 Å². The third kappa shape index (κ3) is 3.55. The summed E-state index contributed by atoms with van der Waals surface area (Å²) >= 11 is 0. The third-order valence-electron chi connectivity index (χ3n) is 5.59. The summed E-state index contributed by atoms with van der Waals surface area (Å²) in [4.78, 5) is 22.9. The van der Waals surface area contributed by atoms with Gasteiger partial charge in [0, 0.05) is 26.1 Å². The Labute approximate surface area is 160 Å². The van der Waals surface area contributed by atoms with Gasteiger partial charge in [-0.05, 0) is 18.8 Å². The topological polar surface area (TPSA) is 67.3 Å². The normalized spacial score (nSPS) is 20.1. The van der Waals surface area contributed by atoms with Gasteiger partial charge in [0.2, 0.25) is 0 Å². The summed E-state index contributed by atoms with van der Waals surface area (Å²) in [5.41, 5.74) is 2.02. The molecule has 0 bridgehead atoms. The summed E-state index contributed by atoms with van der Waals surface area (Å²) in [6.07, 6.45) is 7.82. The summed E-state index contributed by atoms with van der Waals surface area (Å²) in [7, 11) is 2.08. The average molecular weight is 368 g/mol. The number of hydrogen-bond donors (Lipinski definition) is 0. The van der Waals surface area contributed by atoms with E-state index in [9.17, 15) is 0 Å². The number of likely N-dealkylation sites (N-methyl/N-ethyl adjacent to an activating group) is 1. The van der Waals surface area contributed by atoms with Gasteiger partial charge in [0.05, 0.1) is 36.0 Å². The van der Waals surface area contributed by atoms with Crippen LogP contribution in [0, 0.1) is 0 Å². The fourth-order valence-corrected chi connectivity index (χ4v) is 3.50. The van der Waals surface area contributed by atoms with E-state index >= 15 is 0 Å². The highest BCUT2D eigenvalue weighted by Gasteiger charge is 2.29. The Morgan fingerprint density at radius 2 is 1.85 bits per heavy atom. The smallest absolute Gasteiger partial charge is 0.257 e. The summed E-state index contributed by atoms with van der Waals surface area (Å²) in [5, 5.41) is 0. The van der Waals surface area contributed by atoms with Crippen molar-refractivity contribution in [2.75, 3.05) is 36.5 Å². The molecule has 2 aromatic rings. The number of aromatic nitrogens is 4. The molecule has 2 aromatic heterocycles. The summed E-state index contributed by atoms with van der Waals surface area (Å²) in [6.45, 7) is 9.25. The number of ether oxygens (including phenoxy) is 1. The van der Waals surface area contributed by atoms with Gasteiger partial charge in [-0.15, -0.1) is 0 Å². The fourth-order valence-electron chi connectivity index (χ4n) is 3.50. The van der Waals surface area contributed by atoms with Crippen LogP contribution in [0.3, 0.4) is 0 Å². The highest BCUT2D eigenvalue weighted by Crippen LogP contribution is 2.33. The highest BCUT2D eigenvalue weighted by atomic mass is 16.5. The Kier molecular flexibility index (Phi) is 4.85. The molecule has 7 nitrogen and oxygen atoms in total. The van der Waals surface area contributed by atoms with Crippen molar-refractivity contribution in [3.63, 3.8) is 0 Å². The van der Waals surface area contributed by atoms with Gasteiger partial charge in [0.15, 0.2) is 5.82 Å². The van der Waals surface area contributed by atoms with Gasteiger partial charge in [-0.3, -0.25) is 4.98 Å². The fraction of sp³-hybridized carbons (Fsp3) is 0.600. The molecule has 0 aliphatic carbocycles. The van der Waals surface area contributed by atoms with Gasteiger partial charge < -0.3 is 14.5 Å². The van der Waals surface area contributed by atoms with Crippen molar-refractivity contribution in [1.29, 1.82) is 0 Å². The van der Waals surface area contributed by atoms with Crippen LogP contribution in [-0.4, -0.2) is 52.7 Å². The lowest BCUT2D eigenvalue weighted by Crippen LogP contribution is -2.42. The number of rotatable bonds is 5. The van der Waals surface area contributed by atoms with Crippen molar-refractivity contribution in [3.05, 3.63) is 30.0 Å². The molecule has 1 saturated heterocycles. The molecular weight excluding hydrogens is 340 g/mol. The summed E-state index contributed by atoms with van der Waals surface area (Å²) in [6, 6.07) is 0.237. The second kappa shape index (κ2) is 7.29. The maximum absolute atomic E-state index is 5.89. The highest BCUT2D eigenvalue weighted by molar-refractivity contribution is 5.51. The lowest BCUT2D eigenvalue weighted by atomic mass is 9.97. The van der Waals surface area contributed by atoms with Crippen LogP contribution in [0.15, 0.2) is 18.6 Å². The molecule has 4 heterocycles. The van der Waals surface area contributed by atoms with E-state index in [1.54, 1.807) is 0 Å². The van der Waals surface area contributed by atoms with E-state index in [2.05, 4.69) is 52.6 Å². The number of fused-ring (bicyclic) bond motifs is 1. The van der Waals surface area contributed by atoms with Crippen LogP contribution in [-0.2, 0) is 0 Å². The summed E-state index contributed by atoms with van der Waals surface area (Å²) < 4.78 is 5.89. The molecule has 0 amide bonds. The first-order chi connectivity index (χ1) is 13.0. The minimum absolute atomic E-state index is 0.237. The van der Waals surface area contributed by atoms with Crippen LogP contribution in [0.2, 0.25) is 0 Å². The molecule has 0 saturated carbocycles. The van der Waals surface area contributed by atoms with Crippen molar-refractivity contribution in [2.24, 2.45) is 0 Å². The van der Waals surface area contributed by atoms with Gasteiger partial charge in [-0.1, -0.05) is 20.8 Å². The van der Waals surface area contributed by atoms with E-state index in [0.29, 0.717) is 24.3 Å². The Hall–Kier alpha value is -2.44. The lowest BCUT2D eigenvalue weighted by Gasteiger charge is -2.35. The molecule has 0 N–H and O–H groups in total. The predicted molar refractivity (Wildman–Crippen MR) is 106 cm³/mol. The minimum atomic E-state index is 0.237. The van der Waals surface area contributed by atoms with E-state index in [-0.39, 0.29) is 6.04 Å². The van der Waals surface area contributed by atoms with Gasteiger partial charge in [-0.25, -0.2) is 15.0 Å². The Morgan fingerprint density at radius 1 is 1.07 bits per heavy atom.